The van der Waals surface area contributed by atoms with Gasteiger partial charge in [0.1, 0.15) is 11.5 Å². The third-order valence-corrected chi connectivity index (χ3v) is 6.48. The average molecular weight is 506 g/mol. The number of benzene rings is 1. The second-order valence-corrected chi connectivity index (χ2v) is 8.40. The number of amides is 1. The van der Waals surface area contributed by atoms with Crippen LogP contribution < -0.4 is 10.1 Å². The van der Waals surface area contributed by atoms with Crippen LogP contribution in [0, 0.1) is 0 Å². The largest absolute Gasteiger partial charge is 0.497 e. The van der Waals surface area contributed by atoms with E-state index in [-0.39, 0.29) is 5.91 Å². The van der Waals surface area contributed by atoms with Crippen molar-refractivity contribution >= 4 is 17.1 Å². The van der Waals surface area contributed by atoms with Crippen molar-refractivity contribution in [1.29, 1.82) is 0 Å². The first kappa shape index (κ1) is 26.1. The summed E-state index contributed by atoms with van der Waals surface area (Å²) in [7, 11) is 7.78. The van der Waals surface area contributed by atoms with Crippen molar-refractivity contribution in [2.75, 3.05) is 35.5 Å². The molecule has 0 aliphatic heterocycles. The third kappa shape index (κ3) is 4.85. The zero-order valence-electron chi connectivity index (χ0n) is 21.8. The predicted octanol–water partition coefficient (Wildman–Crippen LogP) is 4.76. The van der Waals surface area contributed by atoms with E-state index < -0.39 is 5.79 Å². The molecule has 0 unspecified atom stereocenters. The normalized spacial score (nSPS) is 17.2. The van der Waals surface area contributed by atoms with Crippen LogP contribution in [0.15, 0.2) is 88.0 Å². The van der Waals surface area contributed by atoms with Crippen LogP contribution in [0.1, 0.15) is 23.8 Å². The molecule has 2 aromatic rings. The number of nitrogens with one attached hydrogen (secondary N) is 1. The maximum Gasteiger partial charge on any atom is 0.287 e. The van der Waals surface area contributed by atoms with E-state index in [1.807, 2.05) is 49.4 Å². The van der Waals surface area contributed by atoms with E-state index in [9.17, 15) is 4.79 Å². The number of furan rings is 1. The first-order valence-corrected chi connectivity index (χ1v) is 11.7. The SMILES string of the molecule is COC1=CC(=CC2=C(C)/C(=C\C(=O)NCc3ccco3)c3cc(OC)ccc32)C=C(OC)C1(OC)OC. The van der Waals surface area contributed by atoms with Crippen LogP contribution in [0.2, 0.25) is 0 Å². The van der Waals surface area contributed by atoms with Gasteiger partial charge >= 0.3 is 0 Å². The Morgan fingerprint density at radius 2 is 1.68 bits per heavy atom. The fourth-order valence-corrected chi connectivity index (χ4v) is 4.58. The molecule has 0 bridgehead atoms. The molecule has 194 valence electrons. The van der Waals surface area contributed by atoms with E-state index in [0.29, 0.717) is 29.6 Å². The molecule has 0 atom stereocenters. The van der Waals surface area contributed by atoms with Gasteiger partial charge in [0.25, 0.3) is 5.79 Å². The van der Waals surface area contributed by atoms with Gasteiger partial charge in [-0.15, -0.1) is 0 Å². The van der Waals surface area contributed by atoms with Gasteiger partial charge in [-0.05, 0) is 82.8 Å². The summed E-state index contributed by atoms with van der Waals surface area (Å²) in [6.07, 6.45) is 8.90. The molecule has 37 heavy (non-hydrogen) atoms. The van der Waals surface area contributed by atoms with Gasteiger partial charge in [-0.3, -0.25) is 4.79 Å². The Kier molecular flexibility index (Phi) is 7.71. The van der Waals surface area contributed by atoms with Crippen LogP contribution >= 0.6 is 0 Å². The Bertz CT molecular complexity index is 1300. The summed E-state index contributed by atoms with van der Waals surface area (Å²) in [5.41, 5.74) is 5.41. The minimum absolute atomic E-state index is 0.223. The number of hydrogen-bond acceptors (Lipinski definition) is 7. The Balaban J connectivity index is 1.77. The number of carbonyl (C=O) groups excluding carboxylic acids is 1. The van der Waals surface area contributed by atoms with Gasteiger partial charge in [0, 0.05) is 20.3 Å². The fraction of sp³-hybridized carbons (Fsp3) is 0.276. The van der Waals surface area contributed by atoms with E-state index in [1.54, 1.807) is 39.7 Å². The van der Waals surface area contributed by atoms with Crippen LogP contribution in [0.4, 0.5) is 0 Å². The van der Waals surface area contributed by atoms with Crippen LogP contribution in [-0.4, -0.2) is 47.2 Å². The molecule has 8 heteroatoms. The molecular weight excluding hydrogens is 474 g/mol. The van der Waals surface area contributed by atoms with Crippen LogP contribution in [0.5, 0.6) is 5.75 Å². The molecule has 0 spiro atoms. The van der Waals surface area contributed by atoms with E-state index in [2.05, 4.69) is 5.32 Å². The van der Waals surface area contributed by atoms with Gasteiger partial charge in [0.05, 0.1) is 34.1 Å². The average Bonchev–Trinajstić information content (AvgIpc) is 3.54. The maximum atomic E-state index is 12.8. The highest BCUT2D eigenvalue weighted by molar-refractivity contribution is 6.09. The maximum absolute atomic E-state index is 12.8. The smallest absolute Gasteiger partial charge is 0.287 e. The number of rotatable bonds is 9. The molecule has 1 amide bonds. The summed E-state index contributed by atoms with van der Waals surface area (Å²) in [6.45, 7) is 2.29. The van der Waals surface area contributed by atoms with Crippen LogP contribution in [0.25, 0.3) is 11.1 Å². The molecule has 1 aromatic heterocycles. The van der Waals surface area contributed by atoms with Crippen molar-refractivity contribution in [1.82, 2.24) is 5.32 Å². The van der Waals surface area contributed by atoms with E-state index in [1.165, 1.54) is 14.2 Å². The Hall–Kier alpha value is -4.01. The van der Waals surface area contributed by atoms with Crippen molar-refractivity contribution in [2.45, 2.75) is 19.3 Å². The molecule has 1 aromatic carbocycles. The monoisotopic (exact) mass is 505 g/mol. The lowest BCUT2D eigenvalue weighted by Gasteiger charge is -2.35. The lowest BCUT2D eigenvalue weighted by molar-refractivity contribution is -0.195. The molecule has 0 fully saturated rings. The van der Waals surface area contributed by atoms with E-state index in [4.69, 9.17) is 28.1 Å². The lowest BCUT2D eigenvalue weighted by Crippen LogP contribution is -2.41. The summed E-state index contributed by atoms with van der Waals surface area (Å²) < 4.78 is 33.3. The Morgan fingerprint density at radius 1 is 0.973 bits per heavy atom. The number of carbonyl (C=O) groups is 1. The highest BCUT2D eigenvalue weighted by atomic mass is 16.7. The Labute approximate surface area is 216 Å². The van der Waals surface area contributed by atoms with E-state index in [0.717, 1.165) is 33.4 Å². The van der Waals surface area contributed by atoms with Gasteiger partial charge in [-0.1, -0.05) is 6.07 Å². The number of ether oxygens (including phenoxy) is 5. The van der Waals surface area contributed by atoms with Crippen LogP contribution in [0.3, 0.4) is 0 Å². The summed E-state index contributed by atoms with van der Waals surface area (Å²) >= 11 is 0. The highest BCUT2D eigenvalue weighted by Gasteiger charge is 2.44. The predicted molar refractivity (Wildman–Crippen MR) is 139 cm³/mol. The molecule has 1 heterocycles. The molecular formula is C29H31NO7. The number of fused-ring (bicyclic) bond motifs is 1. The van der Waals surface area contributed by atoms with Gasteiger partial charge < -0.3 is 33.4 Å². The summed E-state index contributed by atoms with van der Waals surface area (Å²) in [6, 6.07) is 9.43. The van der Waals surface area contributed by atoms with Gasteiger partial charge in [-0.25, -0.2) is 0 Å². The molecule has 0 radical (unpaired) electrons. The van der Waals surface area contributed by atoms with Gasteiger partial charge in [-0.2, -0.15) is 0 Å². The summed E-state index contributed by atoms with van der Waals surface area (Å²) in [5, 5.41) is 2.88. The first-order chi connectivity index (χ1) is 17.9. The van der Waals surface area contributed by atoms with Crippen LogP contribution in [-0.2, 0) is 30.3 Å². The molecule has 2 aliphatic rings. The first-order valence-electron chi connectivity index (χ1n) is 11.7. The third-order valence-electron chi connectivity index (χ3n) is 6.48. The quantitative estimate of drug-likeness (QED) is 0.388. The minimum atomic E-state index is -1.28. The summed E-state index contributed by atoms with van der Waals surface area (Å²) in [5.74, 6) is 0.777. The topological polar surface area (TPSA) is 88.4 Å². The van der Waals surface area contributed by atoms with Crippen molar-refractivity contribution in [2.24, 2.45) is 0 Å². The zero-order valence-corrected chi connectivity index (χ0v) is 21.8. The molecule has 2 aliphatic carbocycles. The van der Waals surface area contributed by atoms with Crippen molar-refractivity contribution in [3.8, 4) is 5.75 Å². The molecule has 4 rings (SSSR count). The standard InChI is InChI=1S/C29H31NO7/c1-18-23(12-19-13-26(33-3)29(35-5,36-6)27(14-19)34-4)22-10-9-20(32-2)15-25(22)24(18)16-28(31)30-17-21-8-7-11-37-21/h7-16H,17H2,1-6H3,(H,30,31)/b24-16+. The fourth-order valence-electron chi connectivity index (χ4n) is 4.58. The molecule has 0 saturated carbocycles. The second kappa shape index (κ2) is 10.9. The van der Waals surface area contributed by atoms with Crippen molar-refractivity contribution in [3.63, 3.8) is 0 Å². The highest BCUT2D eigenvalue weighted by Crippen LogP contribution is 2.45. The zero-order chi connectivity index (χ0) is 26.6. The van der Waals surface area contributed by atoms with E-state index >= 15 is 0 Å². The molecule has 1 N–H and O–H groups in total. The lowest BCUT2D eigenvalue weighted by atomic mass is 9.96. The Morgan fingerprint density at radius 3 is 2.24 bits per heavy atom. The number of methoxy groups -OCH3 is 5. The summed E-state index contributed by atoms with van der Waals surface area (Å²) in [4.78, 5) is 12.8. The second-order valence-electron chi connectivity index (χ2n) is 8.40. The number of hydrogen-bond donors (Lipinski definition) is 1. The number of allylic oxidation sites excluding steroid dienone is 7. The van der Waals surface area contributed by atoms with Crippen molar-refractivity contribution < 1.29 is 32.9 Å². The molecule has 8 nitrogen and oxygen atoms in total. The van der Waals surface area contributed by atoms with Gasteiger partial charge in [0.2, 0.25) is 5.91 Å². The molecule has 0 saturated heterocycles. The minimum Gasteiger partial charge on any atom is -0.497 e. The van der Waals surface area contributed by atoms with Crippen molar-refractivity contribution in [3.05, 3.63) is 100 Å². The van der Waals surface area contributed by atoms with Gasteiger partial charge in [0.15, 0.2) is 11.5 Å².